The second-order valence-electron chi connectivity index (χ2n) is 4.17. The van der Waals surface area contributed by atoms with Crippen LogP contribution in [-0.2, 0) is 6.42 Å². The number of hydrogen-bond donors (Lipinski definition) is 0. The lowest BCUT2D eigenvalue weighted by atomic mass is 9.80. The van der Waals surface area contributed by atoms with Crippen molar-refractivity contribution in [3.05, 3.63) is 57.8 Å². The van der Waals surface area contributed by atoms with Gasteiger partial charge in [0.1, 0.15) is 0 Å². The molecule has 1 aliphatic carbocycles. The Morgan fingerprint density at radius 3 is 2.88 bits per heavy atom. The molecule has 0 amide bonds. The third-order valence-corrected chi connectivity index (χ3v) is 3.95. The first-order chi connectivity index (χ1) is 7.86. The molecule has 16 heavy (non-hydrogen) atoms. The van der Waals surface area contributed by atoms with Crippen LogP contribution in [0.2, 0.25) is 0 Å². The number of carbonyl (C=O) groups is 1. The lowest BCUT2D eigenvalue weighted by molar-refractivity contribution is 0.0946. The van der Waals surface area contributed by atoms with E-state index in [-0.39, 0.29) is 5.92 Å². The maximum Gasteiger partial charge on any atom is 0.170 e. The molecule has 1 heterocycles. The van der Waals surface area contributed by atoms with Crippen LogP contribution >= 0.6 is 11.3 Å². The predicted molar refractivity (Wildman–Crippen MR) is 66.2 cm³/mol. The number of fused-ring (bicyclic) bond motifs is 1. The van der Waals surface area contributed by atoms with Crippen LogP contribution in [-0.4, -0.2) is 5.78 Å². The number of hydrogen-bond acceptors (Lipinski definition) is 2. The average Bonchev–Trinajstić information content (AvgIpc) is 2.83. The van der Waals surface area contributed by atoms with Crippen LogP contribution in [0.25, 0.3) is 0 Å². The van der Waals surface area contributed by atoms with Crippen LogP contribution in [0.4, 0.5) is 0 Å². The molecule has 0 N–H and O–H groups in total. The third kappa shape index (κ3) is 1.50. The Bertz CT molecular complexity index is 513. The quantitative estimate of drug-likeness (QED) is 0.728. The molecule has 1 aliphatic rings. The molecule has 0 radical (unpaired) electrons. The number of aryl methyl sites for hydroxylation is 1. The third-order valence-electron chi connectivity index (χ3n) is 3.25. The van der Waals surface area contributed by atoms with E-state index in [1.54, 1.807) is 11.3 Å². The fraction of sp³-hybridized carbons (Fsp3) is 0.214. The van der Waals surface area contributed by atoms with Gasteiger partial charge in [-0.05, 0) is 40.8 Å². The van der Waals surface area contributed by atoms with E-state index in [4.69, 9.17) is 0 Å². The molecule has 0 unspecified atom stereocenters. The van der Waals surface area contributed by atoms with Gasteiger partial charge in [-0.2, -0.15) is 11.3 Å². The van der Waals surface area contributed by atoms with E-state index in [1.165, 1.54) is 11.1 Å². The van der Waals surface area contributed by atoms with Crippen LogP contribution in [0.1, 0.15) is 33.8 Å². The summed E-state index contributed by atoms with van der Waals surface area (Å²) in [6, 6.07) is 10.1. The lowest BCUT2D eigenvalue weighted by Gasteiger charge is -2.22. The first-order valence-electron chi connectivity index (χ1n) is 5.50. The zero-order valence-corrected chi connectivity index (χ0v) is 9.67. The van der Waals surface area contributed by atoms with Crippen molar-refractivity contribution in [2.45, 2.75) is 18.8 Å². The molecule has 1 nitrogen and oxygen atoms in total. The van der Waals surface area contributed by atoms with E-state index in [2.05, 4.69) is 17.5 Å². The van der Waals surface area contributed by atoms with Gasteiger partial charge in [-0.1, -0.05) is 24.3 Å². The van der Waals surface area contributed by atoms with Crippen molar-refractivity contribution in [2.75, 3.05) is 0 Å². The van der Waals surface area contributed by atoms with Crippen molar-refractivity contribution in [3.8, 4) is 0 Å². The molecule has 3 rings (SSSR count). The molecule has 1 aromatic heterocycles. The van der Waals surface area contributed by atoms with Crippen molar-refractivity contribution < 1.29 is 4.79 Å². The summed E-state index contributed by atoms with van der Waals surface area (Å²) in [5.41, 5.74) is 3.31. The molecule has 2 aromatic rings. The summed E-state index contributed by atoms with van der Waals surface area (Å²) in [6.07, 6.45) is 1.97. The van der Waals surface area contributed by atoms with Crippen LogP contribution in [0.3, 0.4) is 0 Å². The molecule has 1 aromatic carbocycles. The van der Waals surface area contributed by atoms with Crippen LogP contribution in [0, 0.1) is 0 Å². The number of carbonyl (C=O) groups excluding carboxylic acids is 1. The monoisotopic (exact) mass is 228 g/mol. The largest absolute Gasteiger partial charge is 0.293 e. The van der Waals surface area contributed by atoms with Crippen molar-refractivity contribution >= 4 is 17.1 Å². The van der Waals surface area contributed by atoms with E-state index in [9.17, 15) is 4.79 Å². The Balaban J connectivity index is 2.01. The normalized spacial score (nSPS) is 19.5. The highest BCUT2D eigenvalue weighted by atomic mass is 32.1. The zero-order chi connectivity index (χ0) is 11.0. The van der Waals surface area contributed by atoms with Gasteiger partial charge >= 0.3 is 0 Å². The number of Topliss-reactive ketones (excluding diaryl/α,β-unsaturated/α-hetero) is 1. The number of benzene rings is 1. The second kappa shape index (κ2) is 3.87. The Morgan fingerprint density at radius 1 is 1.19 bits per heavy atom. The second-order valence-corrected chi connectivity index (χ2v) is 4.95. The molecular weight excluding hydrogens is 216 g/mol. The maximum atomic E-state index is 12.3. The van der Waals surface area contributed by atoms with Crippen molar-refractivity contribution in [2.24, 2.45) is 0 Å². The van der Waals surface area contributed by atoms with Gasteiger partial charge < -0.3 is 0 Å². The number of ketones is 1. The molecule has 2 heteroatoms. The van der Waals surface area contributed by atoms with Gasteiger partial charge in [0.05, 0.1) is 0 Å². The smallest absolute Gasteiger partial charge is 0.170 e. The van der Waals surface area contributed by atoms with E-state index in [0.717, 1.165) is 18.4 Å². The Morgan fingerprint density at radius 2 is 2.06 bits per heavy atom. The summed E-state index contributed by atoms with van der Waals surface area (Å²) < 4.78 is 0. The van der Waals surface area contributed by atoms with Crippen LogP contribution in [0.5, 0.6) is 0 Å². The molecule has 80 valence electrons. The molecule has 0 saturated heterocycles. The van der Waals surface area contributed by atoms with Gasteiger partial charge in [-0.25, -0.2) is 0 Å². The molecule has 0 fully saturated rings. The maximum absolute atomic E-state index is 12.3. The predicted octanol–water partition coefficient (Wildman–Crippen LogP) is 3.66. The van der Waals surface area contributed by atoms with E-state index >= 15 is 0 Å². The summed E-state index contributed by atoms with van der Waals surface area (Å²) >= 11 is 1.66. The molecule has 0 aliphatic heterocycles. The summed E-state index contributed by atoms with van der Waals surface area (Å²) in [4.78, 5) is 12.3. The Hall–Kier alpha value is -1.41. The van der Waals surface area contributed by atoms with Crippen LogP contribution in [0.15, 0.2) is 41.1 Å². The number of thiophene rings is 1. The summed E-state index contributed by atoms with van der Waals surface area (Å²) in [5, 5.41) is 4.14. The first-order valence-corrected chi connectivity index (χ1v) is 6.45. The highest BCUT2D eigenvalue weighted by molar-refractivity contribution is 7.08. The van der Waals surface area contributed by atoms with Gasteiger partial charge in [0.15, 0.2) is 5.78 Å². The zero-order valence-electron chi connectivity index (χ0n) is 8.85. The minimum Gasteiger partial charge on any atom is -0.293 e. The molecular formula is C14H12OS. The van der Waals surface area contributed by atoms with Crippen LogP contribution < -0.4 is 0 Å². The van der Waals surface area contributed by atoms with Gasteiger partial charge in [0.25, 0.3) is 0 Å². The van der Waals surface area contributed by atoms with Gasteiger partial charge in [0, 0.05) is 11.5 Å². The minimum atomic E-state index is 0.0844. The Labute approximate surface area is 98.7 Å². The minimum absolute atomic E-state index is 0.0844. The highest BCUT2D eigenvalue weighted by Gasteiger charge is 2.28. The summed E-state index contributed by atoms with van der Waals surface area (Å²) in [5.74, 6) is 0.376. The highest BCUT2D eigenvalue weighted by Crippen LogP contribution is 2.33. The molecule has 0 bridgehead atoms. The van der Waals surface area contributed by atoms with E-state index < -0.39 is 0 Å². The molecule has 0 saturated carbocycles. The summed E-state index contributed by atoms with van der Waals surface area (Å²) in [7, 11) is 0. The standard InChI is InChI=1S/C14H12OS/c15-14-12-4-2-1-3-10(12)5-6-13(14)11-7-8-16-9-11/h1-4,7-9,13H,5-6H2/t13-/m0/s1. The van der Waals surface area contributed by atoms with Crippen molar-refractivity contribution in [3.63, 3.8) is 0 Å². The molecule has 1 atom stereocenters. The van der Waals surface area contributed by atoms with Gasteiger partial charge in [-0.15, -0.1) is 0 Å². The molecule has 0 spiro atoms. The fourth-order valence-corrected chi connectivity index (χ4v) is 3.10. The van der Waals surface area contributed by atoms with Gasteiger partial charge in [0.2, 0.25) is 0 Å². The van der Waals surface area contributed by atoms with E-state index in [0.29, 0.717) is 5.78 Å². The van der Waals surface area contributed by atoms with Crippen molar-refractivity contribution in [1.82, 2.24) is 0 Å². The van der Waals surface area contributed by atoms with Crippen molar-refractivity contribution in [1.29, 1.82) is 0 Å². The SMILES string of the molecule is O=C1c2ccccc2CC[C@H]1c1ccsc1. The topological polar surface area (TPSA) is 17.1 Å². The van der Waals surface area contributed by atoms with Gasteiger partial charge in [-0.3, -0.25) is 4.79 Å². The Kier molecular flexibility index (Phi) is 2.37. The fourth-order valence-electron chi connectivity index (χ4n) is 2.39. The first kappa shape index (κ1) is 9.79. The lowest BCUT2D eigenvalue weighted by Crippen LogP contribution is -2.20. The number of rotatable bonds is 1. The summed E-state index contributed by atoms with van der Waals surface area (Å²) in [6.45, 7) is 0. The average molecular weight is 228 g/mol. The van der Waals surface area contributed by atoms with E-state index in [1.807, 2.05) is 23.6 Å².